The summed E-state index contributed by atoms with van der Waals surface area (Å²) >= 11 is 0. The normalized spacial score (nSPS) is 14.0. The molecule has 5 nitrogen and oxygen atoms in total. The molecule has 0 aliphatic carbocycles. The lowest BCUT2D eigenvalue weighted by Crippen LogP contribution is -2.35. The molecule has 1 atom stereocenters. The molecule has 1 unspecified atom stereocenters. The molecule has 0 saturated carbocycles. The van der Waals surface area contributed by atoms with E-state index >= 15 is 0 Å². The van der Waals surface area contributed by atoms with E-state index in [4.69, 9.17) is 10.2 Å². The van der Waals surface area contributed by atoms with Crippen LogP contribution in [0.3, 0.4) is 0 Å². The van der Waals surface area contributed by atoms with Crippen LogP contribution in [0.15, 0.2) is 12.1 Å². The van der Waals surface area contributed by atoms with Crippen molar-refractivity contribution in [2.75, 3.05) is 11.9 Å². The van der Waals surface area contributed by atoms with Gasteiger partial charge in [-0.2, -0.15) is 0 Å². The van der Waals surface area contributed by atoms with Gasteiger partial charge in [0.05, 0.1) is 5.56 Å². The highest BCUT2D eigenvalue weighted by molar-refractivity contribution is 5.88. The van der Waals surface area contributed by atoms with Crippen molar-refractivity contribution in [3.8, 4) is 0 Å². The number of hydrogen-bond donors (Lipinski definition) is 3. The van der Waals surface area contributed by atoms with Crippen molar-refractivity contribution in [2.24, 2.45) is 0 Å². The number of hydrogen-bond acceptors (Lipinski definition) is 4. The minimum absolute atomic E-state index is 0.0783. The first-order valence-electron chi connectivity index (χ1n) is 6.01. The predicted octanol–water partition coefficient (Wildman–Crippen LogP) is 2.05. The molecule has 0 spiro atoms. The summed E-state index contributed by atoms with van der Waals surface area (Å²) in [5.74, 6) is -0.436. The lowest BCUT2D eigenvalue weighted by atomic mass is 9.95. The van der Waals surface area contributed by atoms with E-state index in [0.717, 1.165) is 6.42 Å². The minimum Gasteiger partial charge on any atom is -0.478 e. The molecule has 1 heterocycles. The number of aliphatic hydroxyl groups excluding tert-OH is 1. The first kappa shape index (κ1) is 14.4. The monoisotopic (exact) mass is 252 g/mol. The summed E-state index contributed by atoms with van der Waals surface area (Å²) < 4.78 is 0. The molecule has 1 aromatic heterocycles. The fourth-order valence-electron chi connectivity index (χ4n) is 1.74. The Morgan fingerprint density at radius 1 is 1.50 bits per heavy atom. The molecule has 100 valence electrons. The second kappa shape index (κ2) is 5.82. The second-order valence-electron chi connectivity index (χ2n) is 4.70. The van der Waals surface area contributed by atoms with Crippen molar-refractivity contribution in [3.63, 3.8) is 0 Å². The predicted molar refractivity (Wildman–Crippen MR) is 70.0 cm³/mol. The quantitative estimate of drug-likeness (QED) is 0.721. The van der Waals surface area contributed by atoms with E-state index in [1.54, 1.807) is 6.92 Å². The van der Waals surface area contributed by atoms with Crippen LogP contribution in [0.2, 0.25) is 0 Å². The first-order chi connectivity index (χ1) is 8.40. The van der Waals surface area contributed by atoms with Gasteiger partial charge in [-0.15, -0.1) is 0 Å². The summed E-state index contributed by atoms with van der Waals surface area (Å²) in [6.45, 7) is 5.83. The van der Waals surface area contributed by atoms with Crippen LogP contribution in [0.25, 0.3) is 0 Å². The molecule has 18 heavy (non-hydrogen) atoms. The Morgan fingerprint density at radius 2 is 2.17 bits per heavy atom. The summed E-state index contributed by atoms with van der Waals surface area (Å²) in [5, 5.41) is 21.3. The number of nitrogens with zero attached hydrogens (tertiary/aromatic N) is 1. The van der Waals surface area contributed by atoms with Crippen LogP contribution in [-0.4, -0.2) is 33.3 Å². The third kappa shape index (κ3) is 3.70. The lowest BCUT2D eigenvalue weighted by molar-refractivity contribution is 0.0696. The van der Waals surface area contributed by atoms with Gasteiger partial charge in [0, 0.05) is 17.8 Å². The molecule has 0 aliphatic rings. The first-order valence-corrected chi connectivity index (χ1v) is 6.01. The maximum Gasteiger partial charge on any atom is 0.335 e. The zero-order chi connectivity index (χ0) is 13.8. The van der Waals surface area contributed by atoms with Gasteiger partial charge in [-0.1, -0.05) is 6.92 Å². The van der Waals surface area contributed by atoms with E-state index in [0.29, 0.717) is 17.9 Å². The Labute approximate surface area is 107 Å². The Bertz CT molecular complexity index is 434. The van der Waals surface area contributed by atoms with Gasteiger partial charge >= 0.3 is 5.97 Å². The van der Waals surface area contributed by atoms with Gasteiger partial charge in [-0.25, -0.2) is 9.78 Å². The van der Waals surface area contributed by atoms with Crippen LogP contribution in [0.5, 0.6) is 0 Å². The van der Waals surface area contributed by atoms with Crippen LogP contribution < -0.4 is 5.32 Å². The number of aromatic carboxylic acids is 1. The number of nitrogens with one attached hydrogen (secondary N) is 1. The van der Waals surface area contributed by atoms with Gasteiger partial charge in [-0.3, -0.25) is 0 Å². The topological polar surface area (TPSA) is 82.5 Å². The van der Waals surface area contributed by atoms with Crippen LogP contribution in [0, 0.1) is 6.92 Å². The molecule has 0 amide bonds. The van der Waals surface area contributed by atoms with Crippen molar-refractivity contribution in [3.05, 3.63) is 23.4 Å². The minimum atomic E-state index is -0.969. The van der Waals surface area contributed by atoms with Crippen LogP contribution in [0.4, 0.5) is 5.82 Å². The SMILES string of the molecule is CCC(C)(CCO)Nc1cc(C(=O)O)cc(C)n1. The highest BCUT2D eigenvalue weighted by atomic mass is 16.4. The number of rotatable bonds is 6. The summed E-state index contributed by atoms with van der Waals surface area (Å²) in [5.41, 5.74) is 0.581. The zero-order valence-corrected chi connectivity index (χ0v) is 11.0. The van der Waals surface area contributed by atoms with Crippen LogP contribution in [-0.2, 0) is 0 Å². The van der Waals surface area contributed by atoms with Crippen molar-refractivity contribution in [2.45, 2.75) is 39.2 Å². The molecule has 0 aromatic carbocycles. The van der Waals surface area contributed by atoms with E-state index in [1.165, 1.54) is 12.1 Å². The second-order valence-corrected chi connectivity index (χ2v) is 4.70. The highest BCUT2D eigenvalue weighted by Gasteiger charge is 2.22. The van der Waals surface area contributed by atoms with Crippen molar-refractivity contribution < 1.29 is 15.0 Å². The molecule has 1 aromatic rings. The van der Waals surface area contributed by atoms with Gasteiger partial charge in [0.1, 0.15) is 5.82 Å². The molecule has 0 aliphatic heterocycles. The van der Waals surface area contributed by atoms with E-state index in [9.17, 15) is 4.79 Å². The third-order valence-corrected chi connectivity index (χ3v) is 3.07. The van der Waals surface area contributed by atoms with Crippen LogP contribution in [0.1, 0.15) is 42.7 Å². The maximum atomic E-state index is 11.0. The number of aliphatic hydroxyl groups is 1. The molecule has 3 N–H and O–H groups in total. The Balaban J connectivity index is 2.99. The smallest absolute Gasteiger partial charge is 0.335 e. The van der Waals surface area contributed by atoms with E-state index in [2.05, 4.69) is 10.3 Å². The van der Waals surface area contributed by atoms with E-state index < -0.39 is 5.97 Å². The number of carboxylic acid groups (broad SMARTS) is 1. The number of aromatic nitrogens is 1. The number of carboxylic acids is 1. The highest BCUT2D eigenvalue weighted by Crippen LogP contribution is 2.21. The fourth-order valence-corrected chi connectivity index (χ4v) is 1.74. The van der Waals surface area contributed by atoms with E-state index in [-0.39, 0.29) is 17.7 Å². The largest absolute Gasteiger partial charge is 0.478 e. The maximum absolute atomic E-state index is 11.0. The number of carbonyl (C=O) groups is 1. The van der Waals surface area contributed by atoms with Crippen molar-refractivity contribution in [1.82, 2.24) is 4.98 Å². The van der Waals surface area contributed by atoms with Gasteiger partial charge in [0.2, 0.25) is 0 Å². The number of anilines is 1. The van der Waals surface area contributed by atoms with Crippen LogP contribution >= 0.6 is 0 Å². The third-order valence-electron chi connectivity index (χ3n) is 3.07. The fraction of sp³-hybridized carbons (Fsp3) is 0.538. The average Bonchev–Trinajstić information content (AvgIpc) is 2.28. The molecular weight excluding hydrogens is 232 g/mol. The molecule has 0 fully saturated rings. The number of pyridine rings is 1. The lowest BCUT2D eigenvalue weighted by Gasteiger charge is -2.29. The number of aryl methyl sites for hydroxylation is 1. The standard InChI is InChI=1S/C13H20N2O3/c1-4-13(3,5-6-16)15-11-8-10(12(17)18)7-9(2)14-11/h7-8,16H,4-6H2,1-3H3,(H,14,15)(H,17,18). The van der Waals surface area contributed by atoms with Crippen molar-refractivity contribution >= 4 is 11.8 Å². The summed E-state index contributed by atoms with van der Waals surface area (Å²) in [4.78, 5) is 15.2. The van der Waals surface area contributed by atoms with Gasteiger partial charge < -0.3 is 15.5 Å². The molecule has 0 radical (unpaired) electrons. The Hall–Kier alpha value is -1.62. The average molecular weight is 252 g/mol. The van der Waals surface area contributed by atoms with Crippen molar-refractivity contribution in [1.29, 1.82) is 0 Å². The molecular formula is C13H20N2O3. The molecule has 5 heteroatoms. The summed E-state index contributed by atoms with van der Waals surface area (Å²) in [6, 6.07) is 3.05. The van der Waals surface area contributed by atoms with E-state index in [1.807, 2.05) is 13.8 Å². The van der Waals surface area contributed by atoms with Gasteiger partial charge in [-0.05, 0) is 38.8 Å². The zero-order valence-electron chi connectivity index (χ0n) is 11.0. The van der Waals surface area contributed by atoms with Gasteiger partial charge in [0.25, 0.3) is 0 Å². The molecule has 0 bridgehead atoms. The summed E-state index contributed by atoms with van der Waals surface area (Å²) in [6.07, 6.45) is 1.40. The molecule has 1 rings (SSSR count). The Kier molecular flexibility index (Phi) is 4.67. The Morgan fingerprint density at radius 3 is 2.67 bits per heavy atom. The molecule has 0 saturated heterocycles. The summed E-state index contributed by atoms with van der Waals surface area (Å²) in [7, 11) is 0. The van der Waals surface area contributed by atoms with Gasteiger partial charge in [0.15, 0.2) is 0 Å².